The van der Waals surface area contributed by atoms with Crippen LogP contribution in [-0.4, -0.2) is 17.8 Å². The number of rotatable bonds is 6. The molecule has 0 bridgehead atoms. The molecule has 0 aliphatic carbocycles. The Balaban J connectivity index is 2.74. The number of hydrogen-bond donors (Lipinski definition) is 1. The fourth-order valence-electron chi connectivity index (χ4n) is 2.04. The highest BCUT2D eigenvalue weighted by Gasteiger charge is 2.15. The van der Waals surface area contributed by atoms with Gasteiger partial charge in [-0.15, -0.1) is 11.6 Å². The largest absolute Gasteiger partial charge is 0.348 e. The van der Waals surface area contributed by atoms with Gasteiger partial charge < -0.3 is 5.32 Å². The molecule has 1 aromatic rings. The molecule has 1 amide bonds. The van der Waals surface area contributed by atoms with E-state index in [0.717, 1.165) is 24.0 Å². The molecule has 2 nitrogen and oxygen atoms in total. The number of alkyl halides is 1. The third-order valence-electron chi connectivity index (χ3n) is 2.92. The lowest BCUT2D eigenvalue weighted by atomic mass is 10.0. The van der Waals surface area contributed by atoms with E-state index >= 15 is 0 Å². The maximum Gasteiger partial charge on any atom is 0.251 e. The van der Waals surface area contributed by atoms with Crippen LogP contribution in [0.5, 0.6) is 0 Å². The maximum absolute atomic E-state index is 12.2. The monoisotopic (exact) mass is 267 g/mol. The van der Waals surface area contributed by atoms with Crippen LogP contribution in [0.25, 0.3) is 0 Å². The molecule has 0 aromatic heterocycles. The van der Waals surface area contributed by atoms with Crippen LogP contribution in [0.3, 0.4) is 0 Å². The Hall–Kier alpha value is -1.02. The van der Waals surface area contributed by atoms with Crippen LogP contribution < -0.4 is 5.32 Å². The lowest BCUT2D eigenvalue weighted by molar-refractivity contribution is 0.0935. The molecule has 0 heterocycles. The summed E-state index contributed by atoms with van der Waals surface area (Å²) in [4.78, 5) is 12.2. The fraction of sp³-hybridized carbons (Fsp3) is 0.533. The van der Waals surface area contributed by atoms with E-state index in [1.807, 2.05) is 24.3 Å². The predicted molar refractivity (Wildman–Crippen MR) is 77.2 cm³/mol. The van der Waals surface area contributed by atoms with Gasteiger partial charge in [0.1, 0.15) is 0 Å². The summed E-state index contributed by atoms with van der Waals surface area (Å²) in [5, 5.41) is 3.02. The second kappa shape index (κ2) is 7.42. The quantitative estimate of drug-likeness (QED) is 0.784. The molecular formula is C15H22ClNO. The average molecular weight is 268 g/mol. The average Bonchev–Trinajstić information content (AvgIpc) is 2.37. The third kappa shape index (κ3) is 4.34. The van der Waals surface area contributed by atoms with Crippen molar-refractivity contribution < 1.29 is 4.79 Å². The Labute approximate surface area is 115 Å². The first-order valence-electron chi connectivity index (χ1n) is 6.53. The molecule has 1 unspecified atom stereocenters. The van der Waals surface area contributed by atoms with Crippen LogP contribution in [0.4, 0.5) is 0 Å². The third-order valence-corrected chi connectivity index (χ3v) is 3.29. The predicted octanol–water partition coefficient (Wildman–Crippen LogP) is 3.63. The number of aryl methyl sites for hydroxylation is 1. The van der Waals surface area contributed by atoms with E-state index in [2.05, 4.69) is 26.1 Å². The summed E-state index contributed by atoms with van der Waals surface area (Å²) >= 11 is 5.90. The van der Waals surface area contributed by atoms with Crippen molar-refractivity contribution in [1.82, 2.24) is 5.32 Å². The minimum absolute atomic E-state index is 0.0150. The van der Waals surface area contributed by atoms with Crippen LogP contribution >= 0.6 is 11.6 Å². The Kier molecular flexibility index (Phi) is 6.20. The van der Waals surface area contributed by atoms with Gasteiger partial charge in [0.2, 0.25) is 0 Å². The van der Waals surface area contributed by atoms with Gasteiger partial charge in [-0.1, -0.05) is 39.0 Å². The Bertz CT molecular complexity index is 390. The van der Waals surface area contributed by atoms with Crippen molar-refractivity contribution >= 4 is 17.5 Å². The van der Waals surface area contributed by atoms with Gasteiger partial charge in [-0.3, -0.25) is 4.79 Å². The van der Waals surface area contributed by atoms with Crippen molar-refractivity contribution in [1.29, 1.82) is 0 Å². The Morgan fingerprint density at radius 1 is 1.33 bits per heavy atom. The summed E-state index contributed by atoms with van der Waals surface area (Å²) in [7, 11) is 0. The zero-order chi connectivity index (χ0) is 13.5. The fourth-order valence-corrected chi connectivity index (χ4v) is 2.25. The van der Waals surface area contributed by atoms with E-state index in [0.29, 0.717) is 11.8 Å². The van der Waals surface area contributed by atoms with E-state index in [1.54, 1.807) is 0 Å². The van der Waals surface area contributed by atoms with E-state index in [-0.39, 0.29) is 11.9 Å². The molecule has 3 heteroatoms. The highest BCUT2D eigenvalue weighted by atomic mass is 35.5. The van der Waals surface area contributed by atoms with Crippen molar-refractivity contribution in [2.45, 2.75) is 39.7 Å². The lowest BCUT2D eigenvalue weighted by Crippen LogP contribution is -2.37. The number of carbonyl (C=O) groups is 1. The van der Waals surface area contributed by atoms with Crippen molar-refractivity contribution in [3.63, 3.8) is 0 Å². The van der Waals surface area contributed by atoms with Crippen molar-refractivity contribution in [2.24, 2.45) is 5.92 Å². The van der Waals surface area contributed by atoms with Crippen molar-refractivity contribution in [3.05, 3.63) is 35.4 Å². The molecule has 0 saturated carbocycles. The summed E-state index contributed by atoms with van der Waals surface area (Å²) in [5.41, 5.74) is 1.84. The number of nitrogens with one attached hydrogen (secondary N) is 1. The molecule has 18 heavy (non-hydrogen) atoms. The van der Waals surface area contributed by atoms with Gasteiger partial charge in [-0.2, -0.15) is 0 Å². The van der Waals surface area contributed by atoms with E-state index in [1.165, 1.54) is 0 Å². The normalized spacial score (nSPS) is 12.5. The summed E-state index contributed by atoms with van der Waals surface area (Å²) in [6.07, 6.45) is 1.77. The zero-order valence-electron chi connectivity index (χ0n) is 11.4. The number of benzene rings is 1. The molecule has 1 aromatic carbocycles. The first-order chi connectivity index (χ1) is 8.58. The zero-order valence-corrected chi connectivity index (χ0v) is 12.1. The molecule has 0 fully saturated rings. The van der Waals surface area contributed by atoms with Gasteiger partial charge in [0.15, 0.2) is 0 Å². The summed E-state index contributed by atoms with van der Waals surface area (Å²) in [6.45, 7) is 6.32. The lowest BCUT2D eigenvalue weighted by Gasteiger charge is -2.19. The number of amides is 1. The van der Waals surface area contributed by atoms with Crippen LogP contribution in [0.1, 0.15) is 43.1 Å². The SMILES string of the molecule is CCc1ccccc1C(=O)NC(CCl)CC(C)C. The second-order valence-corrected chi connectivity index (χ2v) is 5.27. The highest BCUT2D eigenvalue weighted by molar-refractivity contribution is 6.18. The van der Waals surface area contributed by atoms with E-state index in [4.69, 9.17) is 11.6 Å². The van der Waals surface area contributed by atoms with Crippen LogP contribution in [0.2, 0.25) is 0 Å². The number of halogens is 1. The molecule has 0 aliphatic heterocycles. The van der Waals surface area contributed by atoms with Gasteiger partial charge in [-0.05, 0) is 30.4 Å². The standard InChI is InChI=1S/C15H22ClNO/c1-4-12-7-5-6-8-14(12)15(18)17-13(10-16)9-11(2)3/h5-8,11,13H,4,9-10H2,1-3H3,(H,17,18). The molecule has 0 aliphatic rings. The van der Waals surface area contributed by atoms with Crippen LogP contribution in [0.15, 0.2) is 24.3 Å². The molecular weight excluding hydrogens is 246 g/mol. The summed E-state index contributed by atoms with van der Waals surface area (Å²) < 4.78 is 0. The Morgan fingerprint density at radius 3 is 2.56 bits per heavy atom. The van der Waals surface area contributed by atoms with Gasteiger partial charge in [0.25, 0.3) is 5.91 Å². The summed E-state index contributed by atoms with van der Waals surface area (Å²) in [6, 6.07) is 7.76. The summed E-state index contributed by atoms with van der Waals surface area (Å²) in [5.74, 6) is 0.965. The minimum atomic E-state index is -0.0150. The van der Waals surface area contributed by atoms with Gasteiger partial charge in [0, 0.05) is 17.5 Å². The van der Waals surface area contributed by atoms with E-state index < -0.39 is 0 Å². The van der Waals surface area contributed by atoms with Gasteiger partial charge in [0.05, 0.1) is 0 Å². The first kappa shape index (κ1) is 15.0. The molecule has 1 atom stereocenters. The molecule has 0 saturated heterocycles. The van der Waals surface area contributed by atoms with Crippen LogP contribution in [-0.2, 0) is 6.42 Å². The smallest absolute Gasteiger partial charge is 0.251 e. The second-order valence-electron chi connectivity index (χ2n) is 4.96. The molecule has 0 spiro atoms. The number of carbonyl (C=O) groups excluding carboxylic acids is 1. The molecule has 1 rings (SSSR count). The first-order valence-corrected chi connectivity index (χ1v) is 7.06. The number of hydrogen-bond acceptors (Lipinski definition) is 1. The molecule has 1 N–H and O–H groups in total. The molecule has 0 radical (unpaired) electrons. The van der Waals surface area contributed by atoms with Crippen molar-refractivity contribution in [2.75, 3.05) is 5.88 Å². The topological polar surface area (TPSA) is 29.1 Å². The minimum Gasteiger partial charge on any atom is -0.348 e. The van der Waals surface area contributed by atoms with Gasteiger partial charge in [-0.25, -0.2) is 0 Å². The van der Waals surface area contributed by atoms with Crippen molar-refractivity contribution in [3.8, 4) is 0 Å². The Morgan fingerprint density at radius 2 is 2.00 bits per heavy atom. The highest BCUT2D eigenvalue weighted by Crippen LogP contribution is 2.11. The van der Waals surface area contributed by atoms with Crippen LogP contribution in [0, 0.1) is 5.92 Å². The van der Waals surface area contributed by atoms with E-state index in [9.17, 15) is 4.79 Å². The maximum atomic E-state index is 12.2. The molecule has 100 valence electrons. The van der Waals surface area contributed by atoms with Gasteiger partial charge >= 0.3 is 0 Å².